The van der Waals surface area contributed by atoms with Gasteiger partial charge in [0.2, 0.25) is 0 Å². The molecule has 0 fully saturated rings. The van der Waals surface area contributed by atoms with E-state index in [2.05, 4.69) is 15.6 Å². The van der Waals surface area contributed by atoms with Crippen molar-refractivity contribution in [3.8, 4) is 11.5 Å². The van der Waals surface area contributed by atoms with E-state index in [-0.39, 0.29) is 23.9 Å². The monoisotopic (exact) mass is 371 g/mol. The van der Waals surface area contributed by atoms with E-state index in [9.17, 15) is 9.18 Å². The summed E-state index contributed by atoms with van der Waals surface area (Å²) in [7, 11) is 3.03. The van der Waals surface area contributed by atoms with Gasteiger partial charge in [-0.15, -0.1) is 5.10 Å². The van der Waals surface area contributed by atoms with E-state index in [1.165, 1.54) is 31.0 Å². The van der Waals surface area contributed by atoms with Crippen LogP contribution in [-0.2, 0) is 6.54 Å². The number of halogens is 1. The van der Waals surface area contributed by atoms with Crippen molar-refractivity contribution in [2.45, 2.75) is 6.54 Å². The summed E-state index contributed by atoms with van der Waals surface area (Å²) >= 11 is 0. The van der Waals surface area contributed by atoms with Crippen molar-refractivity contribution in [1.82, 2.24) is 15.0 Å². The minimum Gasteiger partial charge on any atom is -0.493 e. The molecule has 0 bridgehead atoms. The highest BCUT2D eigenvalue weighted by atomic mass is 19.1. The Kier molecular flexibility index (Phi) is 5.20. The number of carbonyl (C=O) groups excluding carboxylic acids is 1. The Hall–Kier alpha value is -3.62. The Balaban J connectivity index is 1.76. The number of nitrogens with two attached hydrogens (primary N) is 1. The van der Waals surface area contributed by atoms with Gasteiger partial charge >= 0.3 is 0 Å². The minimum absolute atomic E-state index is 0.00750. The standard InChI is InChI=1S/C18H18FN5O3/c1-26-14-8-7-13(9-15(14)27-2)21-18(25)16-17(20)24(23-22-16)10-11-3-5-12(19)6-4-11/h3-9H,10,20H2,1-2H3,(H,21,25). The smallest absolute Gasteiger partial charge is 0.280 e. The molecule has 140 valence electrons. The molecule has 0 unspecified atom stereocenters. The van der Waals surface area contributed by atoms with Crippen LogP contribution in [0.25, 0.3) is 0 Å². The predicted octanol–water partition coefficient (Wildman–Crippen LogP) is 2.32. The molecule has 3 N–H and O–H groups in total. The molecule has 0 spiro atoms. The molecule has 1 aromatic heterocycles. The maximum Gasteiger partial charge on any atom is 0.280 e. The molecule has 0 atom stereocenters. The Bertz CT molecular complexity index is 956. The number of ether oxygens (including phenoxy) is 2. The number of nitrogens with zero attached hydrogens (tertiary/aromatic N) is 3. The van der Waals surface area contributed by atoms with Crippen LogP contribution in [0.15, 0.2) is 42.5 Å². The van der Waals surface area contributed by atoms with Crippen LogP contribution in [0.2, 0.25) is 0 Å². The van der Waals surface area contributed by atoms with Gasteiger partial charge in [-0.05, 0) is 29.8 Å². The van der Waals surface area contributed by atoms with Crippen molar-refractivity contribution in [3.05, 3.63) is 59.5 Å². The Morgan fingerprint density at radius 3 is 2.52 bits per heavy atom. The highest BCUT2D eigenvalue weighted by Crippen LogP contribution is 2.30. The molecule has 0 aliphatic rings. The van der Waals surface area contributed by atoms with Gasteiger partial charge in [0.1, 0.15) is 5.82 Å². The minimum atomic E-state index is -0.509. The summed E-state index contributed by atoms with van der Waals surface area (Å²) in [5.74, 6) is 0.283. The zero-order valence-corrected chi connectivity index (χ0v) is 14.8. The van der Waals surface area contributed by atoms with Gasteiger partial charge in [-0.1, -0.05) is 17.3 Å². The average Bonchev–Trinajstić information content (AvgIpc) is 3.04. The average molecular weight is 371 g/mol. The number of nitrogens with one attached hydrogen (secondary N) is 1. The second-order valence-corrected chi connectivity index (χ2v) is 5.63. The number of carbonyl (C=O) groups is 1. The van der Waals surface area contributed by atoms with Crippen LogP contribution in [0.4, 0.5) is 15.9 Å². The SMILES string of the molecule is COc1ccc(NC(=O)c2nnn(Cc3ccc(F)cc3)c2N)cc1OC. The lowest BCUT2D eigenvalue weighted by Crippen LogP contribution is -2.15. The van der Waals surface area contributed by atoms with Gasteiger partial charge in [0.15, 0.2) is 23.0 Å². The van der Waals surface area contributed by atoms with Gasteiger partial charge in [0.05, 0.1) is 20.8 Å². The van der Waals surface area contributed by atoms with E-state index in [4.69, 9.17) is 15.2 Å². The molecule has 2 aromatic carbocycles. The maximum atomic E-state index is 13.0. The first-order valence-electron chi connectivity index (χ1n) is 7.98. The summed E-state index contributed by atoms with van der Waals surface area (Å²) in [4.78, 5) is 12.5. The van der Waals surface area contributed by atoms with Crippen molar-refractivity contribution in [2.24, 2.45) is 0 Å². The van der Waals surface area contributed by atoms with E-state index in [0.29, 0.717) is 17.2 Å². The molecule has 3 aromatic rings. The third kappa shape index (κ3) is 3.97. The largest absolute Gasteiger partial charge is 0.493 e. The Labute approximate surface area is 154 Å². The molecule has 0 aliphatic carbocycles. The van der Waals surface area contributed by atoms with Crippen molar-refractivity contribution < 1.29 is 18.7 Å². The molecule has 0 saturated heterocycles. The highest BCUT2D eigenvalue weighted by molar-refractivity contribution is 6.05. The summed E-state index contributed by atoms with van der Waals surface area (Å²) in [6.07, 6.45) is 0. The zero-order valence-electron chi connectivity index (χ0n) is 14.8. The molecule has 3 rings (SSSR count). The molecule has 27 heavy (non-hydrogen) atoms. The first-order valence-corrected chi connectivity index (χ1v) is 7.98. The lowest BCUT2D eigenvalue weighted by molar-refractivity contribution is 0.102. The van der Waals surface area contributed by atoms with Crippen LogP contribution in [0.1, 0.15) is 16.1 Å². The van der Waals surface area contributed by atoms with E-state index >= 15 is 0 Å². The molecule has 1 heterocycles. The van der Waals surface area contributed by atoms with Crippen molar-refractivity contribution in [2.75, 3.05) is 25.3 Å². The number of nitrogen functional groups attached to an aromatic ring is 1. The van der Waals surface area contributed by atoms with E-state index in [1.807, 2.05) is 0 Å². The van der Waals surface area contributed by atoms with Gasteiger partial charge < -0.3 is 20.5 Å². The topological polar surface area (TPSA) is 104 Å². The maximum absolute atomic E-state index is 13.0. The second-order valence-electron chi connectivity index (χ2n) is 5.63. The third-order valence-corrected chi connectivity index (χ3v) is 3.88. The van der Waals surface area contributed by atoms with Gasteiger partial charge in [0, 0.05) is 11.8 Å². The summed E-state index contributed by atoms with van der Waals surface area (Å²) in [6.45, 7) is 0.267. The lowest BCUT2D eigenvalue weighted by atomic mass is 10.2. The molecule has 9 heteroatoms. The van der Waals surface area contributed by atoms with Gasteiger partial charge in [-0.25, -0.2) is 9.07 Å². The second kappa shape index (κ2) is 7.73. The number of anilines is 2. The number of amides is 1. The fourth-order valence-corrected chi connectivity index (χ4v) is 2.47. The van der Waals surface area contributed by atoms with Crippen LogP contribution < -0.4 is 20.5 Å². The normalized spacial score (nSPS) is 10.5. The fourth-order valence-electron chi connectivity index (χ4n) is 2.47. The number of aromatic nitrogens is 3. The first kappa shape index (κ1) is 18.2. The van der Waals surface area contributed by atoms with Crippen molar-refractivity contribution in [1.29, 1.82) is 0 Å². The van der Waals surface area contributed by atoms with Gasteiger partial charge in [-0.2, -0.15) is 0 Å². The summed E-state index contributed by atoms with van der Waals surface area (Å²) in [5, 5.41) is 10.4. The fraction of sp³-hybridized carbons (Fsp3) is 0.167. The molecule has 0 saturated carbocycles. The number of rotatable bonds is 6. The van der Waals surface area contributed by atoms with Crippen LogP contribution in [0, 0.1) is 5.82 Å². The number of methoxy groups -OCH3 is 2. The quantitative estimate of drug-likeness (QED) is 0.689. The van der Waals surface area contributed by atoms with Crippen LogP contribution in [-0.4, -0.2) is 35.1 Å². The van der Waals surface area contributed by atoms with Crippen LogP contribution in [0.5, 0.6) is 11.5 Å². The highest BCUT2D eigenvalue weighted by Gasteiger charge is 2.18. The van der Waals surface area contributed by atoms with Crippen LogP contribution >= 0.6 is 0 Å². The first-order chi connectivity index (χ1) is 13.0. The summed E-state index contributed by atoms with van der Waals surface area (Å²) in [5.41, 5.74) is 7.26. The summed E-state index contributed by atoms with van der Waals surface area (Å²) in [6, 6.07) is 10.9. The molecule has 1 amide bonds. The molecule has 0 aliphatic heterocycles. The number of hydrogen-bond acceptors (Lipinski definition) is 6. The van der Waals surface area contributed by atoms with Gasteiger partial charge in [-0.3, -0.25) is 4.79 Å². The number of hydrogen-bond donors (Lipinski definition) is 2. The lowest BCUT2D eigenvalue weighted by Gasteiger charge is -2.10. The van der Waals surface area contributed by atoms with E-state index < -0.39 is 5.91 Å². The van der Waals surface area contributed by atoms with Crippen molar-refractivity contribution in [3.63, 3.8) is 0 Å². The molecule has 0 radical (unpaired) electrons. The third-order valence-electron chi connectivity index (χ3n) is 3.88. The number of benzene rings is 2. The Morgan fingerprint density at radius 2 is 1.85 bits per heavy atom. The summed E-state index contributed by atoms with van der Waals surface area (Å²) < 4.78 is 24.7. The molecule has 8 nitrogen and oxygen atoms in total. The van der Waals surface area contributed by atoms with E-state index in [0.717, 1.165) is 5.56 Å². The molecular weight excluding hydrogens is 353 g/mol. The van der Waals surface area contributed by atoms with Gasteiger partial charge in [0.25, 0.3) is 5.91 Å². The van der Waals surface area contributed by atoms with E-state index in [1.54, 1.807) is 30.3 Å². The zero-order chi connectivity index (χ0) is 19.4. The molecular formula is C18H18FN5O3. The Morgan fingerprint density at radius 1 is 1.15 bits per heavy atom. The predicted molar refractivity (Wildman–Crippen MR) is 97.4 cm³/mol. The van der Waals surface area contributed by atoms with Crippen LogP contribution in [0.3, 0.4) is 0 Å². The van der Waals surface area contributed by atoms with Crippen molar-refractivity contribution >= 4 is 17.4 Å².